The molecule has 1 aliphatic heterocycles. The second-order valence-electron chi connectivity index (χ2n) is 21.2. The summed E-state index contributed by atoms with van der Waals surface area (Å²) < 4.78 is 6.38. The number of aliphatic hydroxyl groups is 1. The topological polar surface area (TPSA) is 186 Å². The lowest BCUT2D eigenvalue weighted by Gasteiger charge is -2.63. The summed E-state index contributed by atoms with van der Waals surface area (Å²) in [6.45, 7) is 18.4. The number of unbranched alkanes of at least 4 members (excludes halogenated alkanes) is 1. The number of aromatic nitrogens is 1. The minimum absolute atomic E-state index is 0.00546. The van der Waals surface area contributed by atoms with Crippen LogP contribution in [0.2, 0.25) is 5.02 Å². The maximum Gasteiger partial charge on any atom is 0.251 e. The normalized spacial score (nSPS) is 19.9. The standard InChI is InChI=1S/C56H66ClN7O6S/c1-33(35-13-17-38(18-14-35)47-34(2)60-32-71-47)61-50(68)45-28-42(65)31-64(45)51(69)48(54(3,4)5)62-46(66)12-10-11-27-59-41-24-21-37(22-25-41)36-15-19-39(20-16-36)49(67)63-52-55(6,7)53(56(52,8)9)70-43-26-23-40(30-58)44(57)29-43/h13-26,29,32-33,42,45,48,52-53,59,65H,10-12,27-28,31H2,1-9H3,(H,61,68)(H,62,66)(H,63,67)/t33-,42+,45-,48+,52?,53?/m0/s1. The number of nitrogens with one attached hydrogen (secondary N) is 4. The first kappa shape index (κ1) is 52.6. The molecule has 1 saturated heterocycles. The summed E-state index contributed by atoms with van der Waals surface area (Å²) >= 11 is 7.84. The van der Waals surface area contributed by atoms with E-state index in [1.54, 1.807) is 29.5 Å². The van der Waals surface area contributed by atoms with Crippen molar-refractivity contribution in [1.29, 1.82) is 5.26 Å². The van der Waals surface area contributed by atoms with Crippen LogP contribution in [0.4, 0.5) is 5.69 Å². The molecular formula is C56H66ClN7O6S. The predicted molar refractivity (Wildman–Crippen MR) is 280 cm³/mol. The van der Waals surface area contributed by atoms with E-state index in [0.29, 0.717) is 41.3 Å². The summed E-state index contributed by atoms with van der Waals surface area (Å²) in [5.41, 5.74) is 7.18. The van der Waals surface area contributed by atoms with Crippen molar-refractivity contribution in [3.8, 4) is 33.4 Å². The highest BCUT2D eigenvalue weighted by Gasteiger charge is 2.64. The van der Waals surface area contributed by atoms with E-state index in [-0.39, 0.29) is 66.1 Å². The molecule has 2 heterocycles. The Morgan fingerprint density at radius 1 is 0.915 bits per heavy atom. The third kappa shape index (κ3) is 11.9. The van der Waals surface area contributed by atoms with Gasteiger partial charge in [-0.3, -0.25) is 19.2 Å². The zero-order valence-electron chi connectivity index (χ0n) is 42.1. The van der Waals surface area contributed by atoms with Gasteiger partial charge in [-0.25, -0.2) is 4.98 Å². The Labute approximate surface area is 426 Å². The Bertz CT molecular complexity index is 2750. The fourth-order valence-electron chi connectivity index (χ4n) is 10.3. The molecule has 71 heavy (non-hydrogen) atoms. The van der Waals surface area contributed by atoms with Gasteiger partial charge in [-0.05, 0) is 90.8 Å². The molecule has 0 unspecified atom stereocenters. The van der Waals surface area contributed by atoms with E-state index in [4.69, 9.17) is 16.3 Å². The molecule has 15 heteroatoms. The minimum atomic E-state index is -0.898. The second-order valence-corrected chi connectivity index (χ2v) is 22.5. The van der Waals surface area contributed by atoms with Gasteiger partial charge in [0.2, 0.25) is 17.7 Å². The molecule has 0 spiro atoms. The van der Waals surface area contributed by atoms with Gasteiger partial charge in [0.15, 0.2) is 0 Å². The van der Waals surface area contributed by atoms with Gasteiger partial charge in [-0.2, -0.15) is 5.26 Å². The van der Waals surface area contributed by atoms with Crippen LogP contribution in [0, 0.1) is 34.5 Å². The molecule has 1 saturated carbocycles. The van der Waals surface area contributed by atoms with Gasteiger partial charge in [-0.1, -0.05) is 109 Å². The van der Waals surface area contributed by atoms with Crippen molar-refractivity contribution >= 4 is 52.3 Å². The van der Waals surface area contributed by atoms with E-state index < -0.39 is 29.5 Å². The zero-order valence-corrected chi connectivity index (χ0v) is 43.6. The Morgan fingerprint density at radius 2 is 1.55 bits per heavy atom. The van der Waals surface area contributed by atoms with Gasteiger partial charge in [0.25, 0.3) is 5.91 Å². The van der Waals surface area contributed by atoms with Crippen molar-refractivity contribution in [3.05, 3.63) is 124 Å². The number of nitriles is 1. The fraction of sp³-hybridized carbons (Fsp3) is 0.429. The Morgan fingerprint density at radius 3 is 2.14 bits per heavy atom. The number of aliphatic hydroxyl groups excluding tert-OH is 1. The number of hydrogen-bond acceptors (Lipinski definition) is 10. The molecule has 4 amide bonds. The quantitative estimate of drug-likeness (QED) is 0.0566. The third-order valence-electron chi connectivity index (χ3n) is 14.0. The molecule has 4 atom stereocenters. The Balaban J connectivity index is 0.847. The molecular weight excluding hydrogens is 934 g/mol. The van der Waals surface area contributed by atoms with Crippen LogP contribution in [0.25, 0.3) is 21.6 Å². The fourth-order valence-corrected chi connectivity index (χ4v) is 11.3. The predicted octanol–water partition coefficient (Wildman–Crippen LogP) is 9.87. The van der Waals surface area contributed by atoms with Crippen LogP contribution in [0.15, 0.2) is 96.5 Å². The zero-order chi connectivity index (χ0) is 51.4. The highest BCUT2D eigenvalue weighted by molar-refractivity contribution is 7.13. The summed E-state index contributed by atoms with van der Waals surface area (Å²) in [6, 6.07) is 28.4. The molecule has 4 aromatic carbocycles. The van der Waals surface area contributed by atoms with Crippen molar-refractivity contribution in [1.82, 2.24) is 25.8 Å². The third-order valence-corrected chi connectivity index (χ3v) is 15.3. The second kappa shape index (κ2) is 21.6. The van der Waals surface area contributed by atoms with Crippen LogP contribution in [-0.2, 0) is 14.4 Å². The molecule has 1 aliphatic carbocycles. The van der Waals surface area contributed by atoms with Crippen LogP contribution in [0.5, 0.6) is 5.75 Å². The van der Waals surface area contributed by atoms with Crippen LogP contribution in [0.3, 0.4) is 0 Å². The summed E-state index contributed by atoms with van der Waals surface area (Å²) in [4.78, 5) is 61.5. The number of β-amino-alcohol motifs (C(OH)–C–C–N with tert-alkyl or cyclic N) is 1. The molecule has 1 aromatic heterocycles. The average Bonchev–Trinajstić information content (AvgIpc) is 3.96. The van der Waals surface area contributed by atoms with E-state index in [0.717, 1.165) is 38.5 Å². The number of benzene rings is 4. The van der Waals surface area contributed by atoms with E-state index in [1.807, 2.05) is 113 Å². The Hall–Kier alpha value is -6.27. The van der Waals surface area contributed by atoms with Gasteiger partial charge in [0, 0.05) is 60.1 Å². The number of hydrogen-bond donors (Lipinski definition) is 5. The summed E-state index contributed by atoms with van der Waals surface area (Å²) in [5, 5.41) is 32.9. The molecule has 0 radical (unpaired) electrons. The van der Waals surface area contributed by atoms with Gasteiger partial charge in [-0.15, -0.1) is 11.3 Å². The smallest absolute Gasteiger partial charge is 0.251 e. The van der Waals surface area contributed by atoms with Gasteiger partial charge >= 0.3 is 0 Å². The number of amides is 4. The molecule has 2 fully saturated rings. The van der Waals surface area contributed by atoms with Crippen molar-refractivity contribution in [2.24, 2.45) is 16.2 Å². The summed E-state index contributed by atoms with van der Waals surface area (Å²) in [5.74, 6) is -0.573. The highest BCUT2D eigenvalue weighted by Crippen LogP contribution is 2.55. The number of anilines is 1. The van der Waals surface area contributed by atoms with Crippen molar-refractivity contribution < 1.29 is 29.0 Å². The van der Waals surface area contributed by atoms with Crippen LogP contribution >= 0.6 is 22.9 Å². The lowest BCUT2D eigenvalue weighted by atomic mass is 9.49. The van der Waals surface area contributed by atoms with Crippen molar-refractivity contribution in [2.75, 3.05) is 18.4 Å². The highest BCUT2D eigenvalue weighted by atomic mass is 35.5. The average molecular weight is 1000 g/mol. The monoisotopic (exact) mass is 999 g/mol. The molecule has 5 aromatic rings. The maximum atomic E-state index is 14.1. The van der Waals surface area contributed by atoms with Gasteiger partial charge in [0.05, 0.1) is 38.8 Å². The van der Waals surface area contributed by atoms with E-state index in [9.17, 15) is 29.5 Å². The minimum Gasteiger partial charge on any atom is -0.489 e. The number of ether oxygens (including phenoxy) is 1. The van der Waals surface area contributed by atoms with Crippen LogP contribution in [-0.4, -0.2) is 82.0 Å². The largest absolute Gasteiger partial charge is 0.489 e. The number of likely N-dealkylation sites (tertiary alicyclic amines) is 1. The molecule has 7 rings (SSSR count). The molecule has 0 bridgehead atoms. The summed E-state index contributed by atoms with van der Waals surface area (Å²) in [6.07, 6.45) is 0.575. The van der Waals surface area contributed by atoms with Crippen LogP contribution < -0.4 is 26.0 Å². The first-order valence-electron chi connectivity index (χ1n) is 24.3. The Kier molecular flexibility index (Phi) is 16.0. The van der Waals surface area contributed by atoms with Crippen molar-refractivity contribution in [3.63, 3.8) is 0 Å². The number of nitrogens with zero attached hydrogens (tertiary/aromatic N) is 3. The van der Waals surface area contributed by atoms with Crippen molar-refractivity contribution in [2.45, 2.75) is 124 Å². The van der Waals surface area contributed by atoms with E-state index >= 15 is 0 Å². The van der Waals surface area contributed by atoms with Crippen LogP contribution in [0.1, 0.15) is 114 Å². The number of aryl methyl sites for hydroxylation is 1. The van der Waals surface area contributed by atoms with Gasteiger partial charge in [0.1, 0.15) is 30.0 Å². The number of thiazole rings is 1. The number of carbonyl (C=O) groups is 4. The van der Waals surface area contributed by atoms with Gasteiger partial charge < -0.3 is 36.0 Å². The SMILES string of the molecule is Cc1ncsc1-c1ccc([C@H](C)NC(=O)[C@@H]2C[C@@H](O)CN2C(=O)[C@@H](NC(=O)CCCCNc2ccc(-c3ccc(C(=O)NC4C(C)(C)C(Oc5ccc(C#N)c(Cl)c5)C4(C)C)cc3)cc2)C(C)(C)C)cc1. The number of halogens is 1. The van der Waals surface area contributed by atoms with E-state index in [2.05, 4.69) is 60.0 Å². The molecule has 13 nitrogen and oxygen atoms in total. The lowest BCUT2D eigenvalue weighted by Crippen LogP contribution is -2.74. The molecule has 5 N–H and O–H groups in total. The lowest BCUT2D eigenvalue weighted by molar-refractivity contribution is -0.164. The first-order valence-corrected chi connectivity index (χ1v) is 25.5. The first-order chi connectivity index (χ1) is 33.6. The number of rotatable bonds is 17. The van der Waals surface area contributed by atoms with E-state index in [1.165, 1.54) is 4.90 Å². The maximum absolute atomic E-state index is 14.1. The number of carbonyl (C=O) groups excluding carboxylic acids is 4. The molecule has 2 aliphatic rings. The molecule has 374 valence electrons. The summed E-state index contributed by atoms with van der Waals surface area (Å²) in [7, 11) is 0.